The Kier molecular flexibility index (Phi) is 5.99. The zero-order valence-corrected chi connectivity index (χ0v) is 21.3. The maximum Gasteiger partial charge on any atom is 0.299 e. The molecule has 2 saturated carbocycles. The van der Waals surface area contributed by atoms with Crippen LogP contribution in [-0.4, -0.2) is 29.5 Å². The predicted octanol–water partition coefficient (Wildman–Crippen LogP) is 5.41. The van der Waals surface area contributed by atoms with Gasteiger partial charge in [0.25, 0.3) is 16.1 Å². The third-order valence-corrected chi connectivity index (χ3v) is 7.82. The molecule has 2 aromatic heterocycles. The van der Waals surface area contributed by atoms with Crippen LogP contribution >= 0.6 is 11.6 Å². The monoisotopic (exact) mass is 534 g/mol. The van der Waals surface area contributed by atoms with Gasteiger partial charge in [0.15, 0.2) is 5.15 Å². The number of ether oxygens (including phenoxy) is 1. The highest BCUT2D eigenvalue weighted by Gasteiger charge is 2.31. The molecular formula is C26H23ClN6O3S. The largest absolute Gasteiger partial charge is 0.436 e. The first kappa shape index (κ1) is 23.7. The van der Waals surface area contributed by atoms with Crippen molar-refractivity contribution in [3.63, 3.8) is 0 Å². The van der Waals surface area contributed by atoms with E-state index in [1.165, 1.54) is 12.4 Å². The van der Waals surface area contributed by atoms with E-state index in [0.29, 0.717) is 29.5 Å². The minimum atomic E-state index is -3.64. The second-order valence-electron chi connectivity index (χ2n) is 9.34. The Morgan fingerprint density at radius 2 is 1.84 bits per heavy atom. The lowest BCUT2D eigenvalue weighted by molar-refractivity contribution is 0.461. The summed E-state index contributed by atoms with van der Waals surface area (Å²) in [6, 6.07) is 15.3. The molecule has 2 aliphatic carbocycles. The summed E-state index contributed by atoms with van der Waals surface area (Å²) >= 11 is 6.11. The quantitative estimate of drug-likeness (QED) is 0.296. The highest BCUT2D eigenvalue weighted by molar-refractivity contribution is 7.90. The van der Waals surface area contributed by atoms with Crippen LogP contribution in [0.5, 0.6) is 11.6 Å². The normalized spacial score (nSPS) is 15.5. The molecule has 0 spiro atoms. The van der Waals surface area contributed by atoms with Crippen molar-refractivity contribution in [1.82, 2.24) is 19.3 Å². The summed E-state index contributed by atoms with van der Waals surface area (Å²) in [5, 5.41) is 11.1. The van der Waals surface area contributed by atoms with Gasteiger partial charge in [-0.25, -0.2) is 9.97 Å². The fraction of sp³-hybridized carbons (Fsp3) is 0.269. The second kappa shape index (κ2) is 9.34. The molecule has 0 atom stereocenters. The van der Waals surface area contributed by atoms with Crippen molar-refractivity contribution in [2.75, 3.05) is 11.3 Å². The van der Waals surface area contributed by atoms with Gasteiger partial charge in [-0.15, -0.1) is 0 Å². The van der Waals surface area contributed by atoms with Crippen molar-refractivity contribution in [3.05, 3.63) is 65.6 Å². The van der Waals surface area contributed by atoms with E-state index in [1.807, 2.05) is 24.3 Å². The van der Waals surface area contributed by atoms with Crippen molar-refractivity contribution < 1.29 is 13.2 Å². The molecule has 2 heterocycles. The van der Waals surface area contributed by atoms with E-state index in [-0.39, 0.29) is 17.1 Å². The number of nitriles is 1. The zero-order chi connectivity index (χ0) is 25.6. The highest BCUT2D eigenvalue weighted by atomic mass is 35.5. The van der Waals surface area contributed by atoms with E-state index in [0.717, 1.165) is 47.8 Å². The molecule has 2 N–H and O–H groups in total. The molecular weight excluding hydrogens is 512 g/mol. The molecule has 188 valence electrons. The van der Waals surface area contributed by atoms with Gasteiger partial charge < -0.3 is 9.30 Å². The van der Waals surface area contributed by atoms with Gasteiger partial charge in [-0.1, -0.05) is 23.7 Å². The third-order valence-electron chi connectivity index (χ3n) is 6.51. The number of anilines is 1. The molecule has 0 saturated heterocycles. The topological polar surface area (TPSA) is 122 Å². The number of nitrogens with zero attached hydrogens (tertiary/aromatic N) is 4. The minimum absolute atomic E-state index is 0.164. The molecule has 0 bridgehead atoms. The van der Waals surface area contributed by atoms with E-state index < -0.39 is 10.2 Å². The van der Waals surface area contributed by atoms with E-state index in [1.54, 1.807) is 18.2 Å². The van der Waals surface area contributed by atoms with Crippen LogP contribution in [0.3, 0.4) is 0 Å². The van der Waals surface area contributed by atoms with Gasteiger partial charge >= 0.3 is 0 Å². The number of rotatable bonds is 9. The van der Waals surface area contributed by atoms with Gasteiger partial charge in [-0.05, 0) is 61.4 Å². The molecule has 37 heavy (non-hydrogen) atoms. The molecule has 4 aromatic rings. The smallest absolute Gasteiger partial charge is 0.299 e. The van der Waals surface area contributed by atoms with E-state index >= 15 is 0 Å². The minimum Gasteiger partial charge on any atom is -0.436 e. The number of benzene rings is 2. The average Bonchev–Trinajstić information content (AvgIpc) is 3.82. The first-order valence-electron chi connectivity index (χ1n) is 12.0. The Labute approximate surface area is 219 Å². The van der Waals surface area contributed by atoms with Crippen molar-refractivity contribution in [2.45, 2.75) is 31.7 Å². The zero-order valence-electron chi connectivity index (χ0n) is 19.7. The van der Waals surface area contributed by atoms with Gasteiger partial charge in [0, 0.05) is 42.1 Å². The highest BCUT2D eigenvalue weighted by Crippen LogP contribution is 2.45. The maximum atomic E-state index is 12.3. The van der Waals surface area contributed by atoms with Crippen LogP contribution in [0.15, 0.2) is 54.9 Å². The van der Waals surface area contributed by atoms with Gasteiger partial charge in [-0.3, -0.25) is 4.72 Å². The summed E-state index contributed by atoms with van der Waals surface area (Å²) in [4.78, 5) is 8.14. The first-order chi connectivity index (χ1) is 17.9. The fourth-order valence-electron chi connectivity index (χ4n) is 4.39. The van der Waals surface area contributed by atoms with Gasteiger partial charge in [0.2, 0.25) is 0 Å². The molecule has 0 unspecified atom stereocenters. The number of nitrogens with one attached hydrogen (secondary N) is 2. The number of hydrogen-bond acceptors (Lipinski definition) is 6. The Morgan fingerprint density at radius 1 is 1.08 bits per heavy atom. The van der Waals surface area contributed by atoms with Crippen LogP contribution in [0.1, 0.15) is 37.3 Å². The number of fused-ring (bicyclic) bond motifs is 1. The fourth-order valence-corrected chi connectivity index (χ4v) is 5.51. The lowest BCUT2D eigenvalue weighted by Crippen LogP contribution is -2.31. The van der Waals surface area contributed by atoms with Crippen LogP contribution in [0.2, 0.25) is 5.15 Å². The second-order valence-corrected chi connectivity index (χ2v) is 11.2. The summed E-state index contributed by atoms with van der Waals surface area (Å²) in [5.74, 6) is 1.18. The van der Waals surface area contributed by atoms with Gasteiger partial charge in [-0.2, -0.15) is 18.4 Å². The van der Waals surface area contributed by atoms with E-state index in [4.69, 9.17) is 16.3 Å². The van der Waals surface area contributed by atoms with Crippen molar-refractivity contribution in [1.29, 1.82) is 5.26 Å². The predicted molar refractivity (Wildman–Crippen MR) is 141 cm³/mol. The first-order valence-corrected chi connectivity index (χ1v) is 13.9. The van der Waals surface area contributed by atoms with Crippen molar-refractivity contribution in [2.24, 2.45) is 5.92 Å². The Bertz CT molecular complexity index is 1640. The van der Waals surface area contributed by atoms with Crippen LogP contribution in [0.4, 0.5) is 5.69 Å². The Hall–Kier alpha value is -3.65. The summed E-state index contributed by atoms with van der Waals surface area (Å²) in [6.45, 7) is 0.454. The maximum absolute atomic E-state index is 12.3. The summed E-state index contributed by atoms with van der Waals surface area (Å²) in [5.41, 5.74) is 3.52. The third kappa shape index (κ3) is 4.98. The molecule has 0 amide bonds. The molecule has 11 heteroatoms. The van der Waals surface area contributed by atoms with Crippen molar-refractivity contribution >= 4 is 38.4 Å². The lowest BCUT2D eigenvalue weighted by atomic mass is 10.1. The number of hydrogen-bond donors (Lipinski definition) is 2. The van der Waals surface area contributed by atoms with Crippen molar-refractivity contribution in [3.8, 4) is 29.0 Å². The summed E-state index contributed by atoms with van der Waals surface area (Å²) < 4.78 is 37.9. The van der Waals surface area contributed by atoms with E-state index in [2.05, 4.69) is 30.0 Å². The molecule has 2 aliphatic rings. The van der Waals surface area contributed by atoms with Gasteiger partial charge in [0.05, 0.1) is 16.8 Å². The number of aromatic nitrogens is 3. The van der Waals surface area contributed by atoms with Gasteiger partial charge in [0.1, 0.15) is 11.8 Å². The average molecular weight is 535 g/mol. The van der Waals surface area contributed by atoms with Crippen LogP contribution in [0, 0.1) is 17.2 Å². The Balaban J connectivity index is 1.35. The summed E-state index contributed by atoms with van der Waals surface area (Å²) in [7, 11) is -3.64. The van der Waals surface area contributed by atoms with Crippen LogP contribution < -0.4 is 14.2 Å². The standard InChI is InChI=1S/C26H23ClN6O3S/c27-25-26(30-12-11-29-25)36-20-9-10-21-22(14-28)24(33(19-7-8-19)23(21)13-20)17-3-5-18(6-4-17)32-37(34,35)31-15-16-1-2-16/h3-6,9-13,16,19,31-32H,1-2,7-8,15H2. The summed E-state index contributed by atoms with van der Waals surface area (Å²) in [6.07, 6.45) is 7.14. The molecule has 2 aromatic carbocycles. The van der Waals surface area contributed by atoms with Crippen LogP contribution in [-0.2, 0) is 10.2 Å². The van der Waals surface area contributed by atoms with Crippen LogP contribution in [0.25, 0.3) is 22.2 Å². The molecule has 6 rings (SSSR count). The Morgan fingerprint density at radius 3 is 2.51 bits per heavy atom. The number of halogens is 1. The molecule has 0 aliphatic heterocycles. The molecule has 2 fully saturated rings. The molecule has 0 radical (unpaired) electrons. The lowest BCUT2D eigenvalue weighted by Gasteiger charge is -2.12. The molecule has 9 nitrogen and oxygen atoms in total. The SMILES string of the molecule is N#Cc1c(-c2ccc(NS(=O)(=O)NCC3CC3)cc2)n(C2CC2)c2cc(Oc3nccnc3Cl)ccc12. The van der Waals surface area contributed by atoms with E-state index in [9.17, 15) is 13.7 Å².